The molecule has 4 rings (SSSR count). The molecule has 0 radical (unpaired) electrons. The van der Waals surface area contributed by atoms with E-state index >= 15 is 0 Å². The third-order valence-corrected chi connectivity index (χ3v) is 6.67. The van der Waals surface area contributed by atoms with Crippen molar-refractivity contribution in [1.29, 1.82) is 0 Å². The minimum atomic E-state index is -0.428. The predicted octanol–water partition coefficient (Wildman–Crippen LogP) is 5.61. The molecule has 7 heteroatoms. The number of nitro groups is 1. The highest BCUT2D eigenvalue weighted by Gasteiger charge is 2.26. The van der Waals surface area contributed by atoms with Gasteiger partial charge in [-0.1, -0.05) is 49.9 Å². The Labute approximate surface area is 211 Å². The second-order valence-electron chi connectivity index (χ2n) is 8.96. The van der Waals surface area contributed by atoms with Crippen LogP contribution >= 0.6 is 0 Å². The van der Waals surface area contributed by atoms with Crippen LogP contribution in [-0.4, -0.2) is 46.5 Å². The number of nitrogens with zero attached hydrogens (tertiary/aromatic N) is 3. The van der Waals surface area contributed by atoms with Crippen LogP contribution in [0.4, 0.5) is 5.69 Å². The van der Waals surface area contributed by atoms with E-state index in [0.717, 1.165) is 30.9 Å². The SMILES string of the molecule is C=Cc1c(C(=O)NCCN2CCCCC2)c(-c2ccc([N+](=O)[O-])cc2)c(C=C)n1Cc1ccccc1. The number of hydrogen-bond donors (Lipinski definition) is 1. The average Bonchev–Trinajstić information content (AvgIpc) is 3.22. The fourth-order valence-electron chi connectivity index (χ4n) is 4.89. The zero-order valence-electron chi connectivity index (χ0n) is 20.5. The first-order valence-electron chi connectivity index (χ1n) is 12.3. The lowest BCUT2D eigenvalue weighted by molar-refractivity contribution is -0.384. The van der Waals surface area contributed by atoms with Gasteiger partial charge in [-0.15, -0.1) is 0 Å². The maximum Gasteiger partial charge on any atom is 0.269 e. The lowest BCUT2D eigenvalue weighted by Gasteiger charge is -2.26. The summed E-state index contributed by atoms with van der Waals surface area (Å²) < 4.78 is 2.03. The molecule has 0 spiro atoms. The van der Waals surface area contributed by atoms with Crippen molar-refractivity contribution >= 4 is 23.7 Å². The normalized spacial score (nSPS) is 13.8. The lowest BCUT2D eigenvalue weighted by Crippen LogP contribution is -2.37. The van der Waals surface area contributed by atoms with Crippen LogP contribution in [0.5, 0.6) is 0 Å². The highest BCUT2D eigenvalue weighted by atomic mass is 16.6. The van der Waals surface area contributed by atoms with Gasteiger partial charge in [0, 0.05) is 43.0 Å². The van der Waals surface area contributed by atoms with Crippen LogP contribution in [0.2, 0.25) is 0 Å². The summed E-state index contributed by atoms with van der Waals surface area (Å²) in [6.07, 6.45) is 7.10. The molecule has 1 N–H and O–H groups in total. The summed E-state index contributed by atoms with van der Waals surface area (Å²) in [5, 5.41) is 14.3. The number of piperidine rings is 1. The molecule has 1 amide bonds. The summed E-state index contributed by atoms with van der Waals surface area (Å²) >= 11 is 0. The molecule has 0 atom stereocenters. The Hall–Kier alpha value is -3.97. The highest BCUT2D eigenvalue weighted by molar-refractivity contribution is 6.06. The molecule has 186 valence electrons. The van der Waals surface area contributed by atoms with E-state index in [9.17, 15) is 14.9 Å². The van der Waals surface area contributed by atoms with Crippen molar-refractivity contribution in [3.05, 3.63) is 100 Å². The van der Waals surface area contributed by atoms with Crippen molar-refractivity contribution in [1.82, 2.24) is 14.8 Å². The van der Waals surface area contributed by atoms with Crippen LogP contribution in [-0.2, 0) is 6.54 Å². The maximum absolute atomic E-state index is 13.6. The van der Waals surface area contributed by atoms with Gasteiger partial charge in [-0.3, -0.25) is 14.9 Å². The Morgan fingerprint density at radius 2 is 1.64 bits per heavy atom. The van der Waals surface area contributed by atoms with Crippen LogP contribution in [0.3, 0.4) is 0 Å². The van der Waals surface area contributed by atoms with Gasteiger partial charge in [-0.2, -0.15) is 0 Å². The minimum absolute atomic E-state index is 0.000835. The molecule has 1 aliphatic rings. The van der Waals surface area contributed by atoms with Gasteiger partial charge in [-0.25, -0.2) is 0 Å². The summed E-state index contributed by atoms with van der Waals surface area (Å²) in [6, 6.07) is 16.3. The number of nitro benzene ring substituents is 1. The second kappa shape index (κ2) is 11.6. The van der Waals surface area contributed by atoms with Gasteiger partial charge in [0.25, 0.3) is 11.6 Å². The molecule has 36 heavy (non-hydrogen) atoms. The number of nitrogens with one attached hydrogen (secondary N) is 1. The summed E-state index contributed by atoms with van der Waals surface area (Å²) in [4.78, 5) is 26.8. The monoisotopic (exact) mass is 484 g/mol. The molecule has 2 aromatic carbocycles. The van der Waals surface area contributed by atoms with Crippen molar-refractivity contribution in [2.75, 3.05) is 26.2 Å². The van der Waals surface area contributed by atoms with Gasteiger partial charge in [0.15, 0.2) is 0 Å². The Balaban J connectivity index is 1.74. The van der Waals surface area contributed by atoms with E-state index in [1.165, 1.54) is 31.4 Å². The summed E-state index contributed by atoms with van der Waals surface area (Å²) in [5.41, 5.74) is 4.45. The number of aromatic nitrogens is 1. The van der Waals surface area contributed by atoms with Gasteiger partial charge in [-0.05, 0) is 61.3 Å². The van der Waals surface area contributed by atoms with Crippen molar-refractivity contribution in [3.8, 4) is 11.1 Å². The van der Waals surface area contributed by atoms with E-state index < -0.39 is 4.92 Å². The number of non-ortho nitro benzene ring substituents is 1. The van der Waals surface area contributed by atoms with Crippen LogP contribution in [0.25, 0.3) is 23.3 Å². The van der Waals surface area contributed by atoms with Crippen molar-refractivity contribution in [2.24, 2.45) is 0 Å². The smallest absolute Gasteiger partial charge is 0.269 e. The molecular weight excluding hydrogens is 452 g/mol. The molecular formula is C29H32N4O3. The first kappa shape index (κ1) is 25.1. The number of likely N-dealkylation sites (tertiary alicyclic amines) is 1. The molecule has 1 aliphatic heterocycles. The Morgan fingerprint density at radius 3 is 2.25 bits per heavy atom. The maximum atomic E-state index is 13.6. The van der Waals surface area contributed by atoms with Gasteiger partial charge in [0.05, 0.1) is 16.2 Å². The Bertz CT molecular complexity index is 1240. The number of carbonyl (C=O) groups excluding carboxylic acids is 1. The van der Waals surface area contributed by atoms with Gasteiger partial charge in [0.2, 0.25) is 0 Å². The van der Waals surface area contributed by atoms with E-state index in [1.54, 1.807) is 24.3 Å². The quantitative estimate of drug-likeness (QED) is 0.299. The molecule has 1 aromatic heterocycles. The molecule has 0 bridgehead atoms. The van der Waals surface area contributed by atoms with Crippen molar-refractivity contribution in [3.63, 3.8) is 0 Å². The van der Waals surface area contributed by atoms with E-state index in [4.69, 9.17) is 0 Å². The molecule has 3 aromatic rings. The summed E-state index contributed by atoms with van der Waals surface area (Å²) in [5.74, 6) is -0.190. The molecule has 1 saturated heterocycles. The average molecular weight is 485 g/mol. The number of amides is 1. The summed E-state index contributed by atoms with van der Waals surface area (Å²) in [7, 11) is 0. The fraction of sp³-hybridized carbons (Fsp3) is 0.276. The lowest BCUT2D eigenvalue weighted by atomic mass is 9.99. The number of benzene rings is 2. The Morgan fingerprint density at radius 1 is 0.972 bits per heavy atom. The topological polar surface area (TPSA) is 80.4 Å². The van der Waals surface area contributed by atoms with Gasteiger partial charge < -0.3 is 14.8 Å². The molecule has 0 saturated carbocycles. The third kappa shape index (κ3) is 5.47. The predicted molar refractivity (Wildman–Crippen MR) is 145 cm³/mol. The molecule has 1 fully saturated rings. The van der Waals surface area contributed by atoms with Gasteiger partial charge >= 0.3 is 0 Å². The van der Waals surface area contributed by atoms with E-state index in [1.807, 2.05) is 34.9 Å². The minimum Gasteiger partial charge on any atom is -0.351 e. The standard InChI is InChI=1S/C29H32N4O3/c1-3-25-27(23-13-15-24(16-14-23)33(35)36)28(29(34)30-17-20-31-18-9-6-10-19-31)26(4-2)32(25)21-22-11-7-5-8-12-22/h3-5,7-8,11-16H,1-2,6,9-10,17-21H2,(H,30,34). The van der Waals surface area contributed by atoms with Gasteiger partial charge in [0.1, 0.15) is 0 Å². The van der Waals surface area contributed by atoms with Crippen molar-refractivity contribution in [2.45, 2.75) is 25.8 Å². The van der Waals surface area contributed by atoms with E-state index in [-0.39, 0.29) is 11.6 Å². The number of rotatable bonds is 10. The molecule has 7 nitrogen and oxygen atoms in total. The number of carbonyl (C=O) groups is 1. The van der Waals surface area contributed by atoms with E-state index in [0.29, 0.717) is 35.5 Å². The zero-order valence-corrected chi connectivity index (χ0v) is 20.5. The van der Waals surface area contributed by atoms with E-state index in [2.05, 4.69) is 23.4 Å². The van der Waals surface area contributed by atoms with Crippen LogP contribution in [0.1, 0.15) is 46.6 Å². The second-order valence-corrected chi connectivity index (χ2v) is 8.96. The third-order valence-electron chi connectivity index (χ3n) is 6.67. The summed E-state index contributed by atoms with van der Waals surface area (Å²) in [6.45, 7) is 12.1. The highest BCUT2D eigenvalue weighted by Crippen LogP contribution is 2.36. The molecule has 0 aliphatic carbocycles. The van der Waals surface area contributed by atoms with Crippen LogP contribution < -0.4 is 5.32 Å². The van der Waals surface area contributed by atoms with Crippen LogP contribution in [0.15, 0.2) is 67.8 Å². The number of hydrogen-bond acceptors (Lipinski definition) is 4. The Kier molecular flexibility index (Phi) is 8.13. The molecule has 0 unspecified atom stereocenters. The molecule has 2 heterocycles. The van der Waals surface area contributed by atoms with Crippen molar-refractivity contribution < 1.29 is 9.72 Å². The largest absolute Gasteiger partial charge is 0.351 e. The fourth-order valence-corrected chi connectivity index (χ4v) is 4.89. The first-order chi connectivity index (χ1) is 17.5. The zero-order chi connectivity index (χ0) is 25.5. The first-order valence-corrected chi connectivity index (χ1v) is 12.3. The van der Waals surface area contributed by atoms with Crippen LogP contribution in [0, 0.1) is 10.1 Å².